The number of ether oxygens (including phenoxy) is 1. The smallest absolute Gasteiger partial charge is 0.119 e. The van der Waals surface area contributed by atoms with Crippen molar-refractivity contribution in [2.45, 2.75) is 26.8 Å². The van der Waals surface area contributed by atoms with Gasteiger partial charge in [-0.1, -0.05) is 26.0 Å². The minimum atomic E-state index is 0.679. The van der Waals surface area contributed by atoms with Crippen molar-refractivity contribution >= 4 is 5.69 Å². The van der Waals surface area contributed by atoms with Gasteiger partial charge in [0.05, 0.1) is 18.5 Å². The first-order chi connectivity index (χ1) is 9.63. The van der Waals surface area contributed by atoms with Crippen molar-refractivity contribution in [3.8, 4) is 5.75 Å². The fourth-order valence-electron chi connectivity index (χ4n) is 1.83. The van der Waals surface area contributed by atoms with Gasteiger partial charge in [-0.2, -0.15) is 5.10 Å². The second-order valence-corrected chi connectivity index (χ2v) is 5.43. The van der Waals surface area contributed by atoms with E-state index in [2.05, 4.69) is 36.4 Å². The average molecular weight is 273 g/mol. The Morgan fingerprint density at radius 2 is 2.00 bits per heavy atom. The molecule has 0 aliphatic rings. The molecule has 0 aliphatic heterocycles. The summed E-state index contributed by atoms with van der Waals surface area (Å²) in [5.41, 5.74) is 2.26. The summed E-state index contributed by atoms with van der Waals surface area (Å²) in [6.07, 6.45) is 4.87. The molecule has 0 bridgehead atoms. The van der Waals surface area contributed by atoms with Crippen LogP contribution >= 0.6 is 0 Å². The van der Waals surface area contributed by atoms with Crippen molar-refractivity contribution in [2.75, 3.05) is 11.9 Å². The Morgan fingerprint density at radius 3 is 2.60 bits per heavy atom. The molecule has 20 heavy (non-hydrogen) atoms. The molecule has 4 nitrogen and oxygen atoms in total. The number of benzene rings is 1. The highest BCUT2D eigenvalue weighted by atomic mass is 16.5. The van der Waals surface area contributed by atoms with E-state index in [0.29, 0.717) is 5.92 Å². The molecular weight excluding hydrogens is 250 g/mol. The zero-order valence-electron chi connectivity index (χ0n) is 12.5. The van der Waals surface area contributed by atoms with Gasteiger partial charge in [-0.25, -0.2) is 0 Å². The van der Waals surface area contributed by atoms with Gasteiger partial charge in [0.25, 0.3) is 0 Å². The van der Waals surface area contributed by atoms with Crippen molar-refractivity contribution in [1.29, 1.82) is 0 Å². The summed E-state index contributed by atoms with van der Waals surface area (Å²) in [6, 6.07) is 8.24. The molecule has 0 atom stereocenters. The van der Waals surface area contributed by atoms with Crippen LogP contribution < -0.4 is 10.1 Å². The van der Waals surface area contributed by atoms with Gasteiger partial charge in [0.2, 0.25) is 0 Å². The minimum Gasteiger partial charge on any atom is -0.494 e. The quantitative estimate of drug-likeness (QED) is 0.839. The topological polar surface area (TPSA) is 39.1 Å². The number of anilines is 1. The van der Waals surface area contributed by atoms with E-state index >= 15 is 0 Å². The van der Waals surface area contributed by atoms with Crippen molar-refractivity contribution in [1.82, 2.24) is 9.78 Å². The molecule has 0 amide bonds. The normalized spacial score (nSPS) is 10.8. The molecular formula is C16H23N3O. The van der Waals surface area contributed by atoms with Crippen LogP contribution in [-0.2, 0) is 13.6 Å². The Morgan fingerprint density at radius 1 is 1.25 bits per heavy atom. The maximum atomic E-state index is 5.70. The van der Waals surface area contributed by atoms with Crippen molar-refractivity contribution in [2.24, 2.45) is 13.0 Å². The Balaban J connectivity index is 1.79. The SMILES string of the molecule is CC(C)CCOc1ccc(CNc2cnn(C)c2)cc1. The summed E-state index contributed by atoms with van der Waals surface area (Å²) < 4.78 is 7.49. The monoisotopic (exact) mass is 273 g/mol. The summed E-state index contributed by atoms with van der Waals surface area (Å²) in [5.74, 6) is 1.62. The fourth-order valence-corrected chi connectivity index (χ4v) is 1.83. The first-order valence-corrected chi connectivity index (χ1v) is 7.08. The summed E-state index contributed by atoms with van der Waals surface area (Å²) >= 11 is 0. The van der Waals surface area contributed by atoms with Crippen LogP contribution in [0.5, 0.6) is 5.75 Å². The first kappa shape index (κ1) is 14.4. The highest BCUT2D eigenvalue weighted by molar-refractivity contribution is 5.39. The molecule has 0 saturated heterocycles. The number of rotatable bonds is 7. The lowest BCUT2D eigenvalue weighted by molar-refractivity contribution is 0.289. The number of hydrogen-bond acceptors (Lipinski definition) is 3. The first-order valence-electron chi connectivity index (χ1n) is 7.08. The molecule has 0 radical (unpaired) electrons. The van der Waals surface area contributed by atoms with Gasteiger partial charge < -0.3 is 10.1 Å². The Labute approximate surface area is 120 Å². The van der Waals surface area contributed by atoms with Gasteiger partial charge in [0.15, 0.2) is 0 Å². The summed E-state index contributed by atoms with van der Waals surface area (Å²) in [6.45, 7) is 5.98. The van der Waals surface area contributed by atoms with E-state index in [1.54, 1.807) is 4.68 Å². The van der Waals surface area contributed by atoms with E-state index in [1.807, 2.05) is 31.6 Å². The molecule has 1 aromatic carbocycles. The van der Waals surface area contributed by atoms with Crippen LogP contribution in [0.2, 0.25) is 0 Å². The Bertz CT molecular complexity index is 517. The third-order valence-corrected chi connectivity index (χ3v) is 3.09. The van der Waals surface area contributed by atoms with Gasteiger partial charge in [0.1, 0.15) is 5.75 Å². The zero-order valence-corrected chi connectivity index (χ0v) is 12.5. The Kier molecular flexibility index (Phi) is 5.04. The lowest BCUT2D eigenvalue weighted by Gasteiger charge is -2.09. The van der Waals surface area contributed by atoms with E-state index < -0.39 is 0 Å². The van der Waals surface area contributed by atoms with Gasteiger partial charge in [-0.15, -0.1) is 0 Å². The number of aromatic nitrogens is 2. The van der Waals surface area contributed by atoms with Gasteiger partial charge in [-0.05, 0) is 30.0 Å². The second-order valence-electron chi connectivity index (χ2n) is 5.43. The summed E-state index contributed by atoms with van der Waals surface area (Å²) in [5, 5.41) is 7.46. The van der Waals surface area contributed by atoms with Crippen LogP contribution in [-0.4, -0.2) is 16.4 Å². The predicted molar refractivity (Wildman–Crippen MR) is 81.9 cm³/mol. The number of hydrogen-bond donors (Lipinski definition) is 1. The van der Waals surface area contributed by atoms with E-state index in [1.165, 1.54) is 5.56 Å². The van der Waals surface area contributed by atoms with E-state index in [0.717, 1.165) is 31.0 Å². The van der Waals surface area contributed by atoms with Crippen LogP contribution in [0.3, 0.4) is 0 Å². The molecule has 0 aliphatic carbocycles. The molecule has 0 fully saturated rings. The van der Waals surface area contributed by atoms with Crippen molar-refractivity contribution in [3.63, 3.8) is 0 Å². The predicted octanol–water partition coefficient (Wildman–Crippen LogP) is 3.46. The summed E-state index contributed by atoms with van der Waals surface area (Å²) in [4.78, 5) is 0. The summed E-state index contributed by atoms with van der Waals surface area (Å²) in [7, 11) is 1.91. The average Bonchev–Trinajstić information content (AvgIpc) is 2.83. The standard InChI is InChI=1S/C16H23N3O/c1-13(2)8-9-20-16-6-4-14(5-7-16)10-17-15-11-18-19(3)12-15/h4-7,11-13,17H,8-10H2,1-3H3. The lowest BCUT2D eigenvalue weighted by Crippen LogP contribution is -2.02. The van der Waals surface area contributed by atoms with Crippen LogP contribution in [0.15, 0.2) is 36.7 Å². The maximum absolute atomic E-state index is 5.70. The largest absolute Gasteiger partial charge is 0.494 e. The molecule has 2 rings (SSSR count). The molecule has 0 unspecified atom stereocenters. The molecule has 1 N–H and O–H groups in total. The number of nitrogens with zero attached hydrogens (tertiary/aromatic N) is 2. The van der Waals surface area contributed by atoms with Crippen molar-refractivity contribution < 1.29 is 4.74 Å². The van der Waals surface area contributed by atoms with Crippen molar-refractivity contribution in [3.05, 3.63) is 42.2 Å². The molecule has 108 valence electrons. The van der Waals surface area contributed by atoms with E-state index in [4.69, 9.17) is 4.74 Å². The van der Waals surface area contributed by atoms with Gasteiger partial charge in [-0.3, -0.25) is 4.68 Å². The number of aryl methyl sites for hydroxylation is 1. The van der Waals surface area contributed by atoms with Crippen LogP contribution in [0.4, 0.5) is 5.69 Å². The zero-order chi connectivity index (χ0) is 14.4. The van der Waals surface area contributed by atoms with Crippen LogP contribution in [0.25, 0.3) is 0 Å². The second kappa shape index (κ2) is 6.98. The third kappa shape index (κ3) is 4.61. The molecule has 4 heteroatoms. The van der Waals surface area contributed by atoms with Gasteiger partial charge in [0, 0.05) is 19.8 Å². The maximum Gasteiger partial charge on any atom is 0.119 e. The fraction of sp³-hybridized carbons (Fsp3) is 0.438. The number of nitrogens with one attached hydrogen (secondary N) is 1. The lowest BCUT2D eigenvalue weighted by atomic mass is 10.1. The van der Waals surface area contributed by atoms with E-state index in [-0.39, 0.29) is 0 Å². The third-order valence-electron chi connectivity index (χ3n) is 3.09. The molecule has 1 heterocycles. The van der Waals surface area contributed by atoms with Gasteiger partial charge >= 0.3 is 0 Å². The molecule has 0 spiro atoms. The van der Waals surface area contributed by atoms with Crippen LogP contribution in [0.1, 0.15) is 25.8 Å². The highest BCUT2D eigenvalue weighted by Crippen LogP contribution is 2.14. The molecule has 1 aromatic heterocycles. The molecule has 0 saturated carbocycles. The minimum absolute atomic E-state index is 0.679. The van der Waals surface area contributed by atoms with Crippen LogP contribution in [0, 0.1) is 5.92 Å². The highest BCUT2D eigenvalue weighted by Gasteiger charge is 1.99. The van der Waals surface area contributed by atoms with E-state index in [9.17, 15) is 0 Å². The Hall–Kier alpha value is -1.97. The molecule has 2 aromatic rings.